The molecule has 1 aliphatic rings. The Morgan fingerprint density at radius 3 is 2.24 bits per heavy atom. The highest BCUT2D eigenvalue weighted by Crippen LogP contribution is 2.21. The average molecular weight is 546 g/mol. The van der Waals surface area contributed by atoms with Crippen LogP contribution < -0.4 is 5.32 Å². The van der Waals surface area contributed by atoms with Crippen molar-refractivity contribution >= 4 is 29.4 Å². The van der Waals surface area contributed by atoms with Crippen molar-refractivity contribution in [2.45, 2.75) is 25.4 Å². The van der Waals surface area contributed by atoms with Crippen LogP contribution in [-0.2, 0) is 9.59 Å². The number of alkyl halides is 3. The number of carbonyl (C=O) groups is 3. The summed E-state index contributed by atoms with van der Waals surface area (Å²) >= 11 is 5.88. The van der Waals surface area contributed by atoms with Crippen molar-refractivity contribution < 1.29 is 37.1 Å². The molecule has 2 N–H and O–H groups in total. The van der Waals surface area contributed by atoms with E-state index in [-0.39, 0.29) is 29.2 Å². The zero-order chi connectivity index (χ0) is 27.6. The van der Waals surface area contributed by atoms with E-state index in [1.165, 1.54) is 18.2 Å². The van der Waals surface area contributed by atoms with Gasteiger partial charge >= 0.3 is 12.1 Å². The lowest BCUT2D eigenvalue weighted by atomic mass is 10.00. The number of aliphatic carboxylic acids is 1. The number of nitrogens with zero attached hydrogens (tertiary/aromatic N) is 2. The van der Waals surface area contributed by atoms with Crippen molar-refractivity contribution in [3.63, 3.8) is 0 Å². The Morgan fingerprint density at radius 2 is 1.70 bits per heavy atom. The quantitative estimate of drug-likeness (QED) is 0.510. The first-order chi connectivity index (χ1) is 17.4. The zero-order valence-corrected chi connectivity index (χ0v) is 20.9. The molecule has 0 bridgehead atoms. The Labute approximate surface area is 217 Å². The first-order valence-corrected chi connectivity index (χ1v) is 11.9. The minimum absolute atomic E-state index is 0.0406. The molecule has 2 aromatic rings. The maximum atomic E-state index is 13.5. The Kier molecular flexibility index (Phi) is 11.3. The van der Waals surface area contributed by atoms with E-state index in [4.69, 9.17) is 21.5 Å². The van der Waals surface area contributed by atoms with Crippen LogP contribution in [0.4, 0.5) is 17.6 Å². The van der Waals surface area contributed by atoms with Gasteiger partial charge in [0, 0.05) is 51.3 Å². The molecule has 0 saturated carbocycles. The smallest absolute Gasteiger partial charge is 0.475 e. The summed E-state index contributed by atoms with van der Waals surface area (Å²) in [6.45, 7) is 5.73. The van der Waals surface area contributed by atoms with Gasteiger partial charge in [-0.05, 0) is 29.7 Å². The second kappa shape index (κ2) is 13.9. The summed E-state index contributed by atoms with van der Waals surface area (Å²) in [4.78, 5) is 38.2. The number of piperazine rings is 1. The average Bonchev–Trinajstić information content (AvgIpc) is 2.88. The molecule has 12 heteroatoms. The molecule has 202 valence electrons. The van der Waals surface area contributed by atoms with Crippen LogP contribution in [0.15, 0.2) is 48.5 Å². The monoisotopic (exact) mass is 545 g/mol. The highest BCUT2D eigenvalue weighted by molar-refractivity contribution is 6.31. The Morgan fingerprint density at radius 1 is 1.11 bits per heavy atom. The third-order valence-corrected chi connectivity index (χ3v) is 5.91. The van der Waals surface area contributed by atoms with Crippen LogP contribution in [0.25, 0.3) is 0 Å². The van der Waals surface area contributed by atoms with Crippen LogP contribution in [0.5, 0.6) is 0 Å². The summed E-state index contributed by atoms with van der Waals surface area (Å²) in [5, 5.41) is 10.3. The molecule has 1 unspecified atom stereocenters. The van der Waals surface area contributed by atoms with Crippen LogP contribution in [-0.4, -0.2) is 78.1 Å². The lowest BCUT2D eigenvalue weighted by Gasteiger charge is -2.30. The van der Waals surface area contributed by atoms with E-state index < -0.39 is 18.0 Å². The predicted octanol–water partition coefficient (Wildman–Crippen LogP) is 4.18. The summed E-state index contributed by atoms with van der Waals surface area (Å²) in [5.74, 6) is -3.45. The maximum Gasteiger partial charge on any atom is 0.490 e. The molecule has 0 spiro atoms. The van der Waals surface area contributed by atoms with Gasteiger partial charge < -0.3 is 20.2 Å². The Hall–Kier alpha value is -3.18. The summed E-state index contributed by atoms with van der Waals surface area (Å²) in [5.41, 5.74) is 1.43. The van der Waals surface area contributed by atoms with Crippen molar-refractivity contribution in [2.24, 2.45) is 0 Å². The number of carboxylic acids is 1. The molecule has 1 aliphatic heterocycles. The molecule has 1 fully saturated rings. The molecule has 0 radical (unpaired) electrons. The standard InChI is InChI=1S/C23H27ClFN3O2.C2HF3O2/c1-17(18-5-3-2-4-6-18)16-28(12-9-22(29)27-13-10-26-11-14-27)23(30)19-7-8-21(25)20(24)15-19;3-2(4,5)1(6)7/h2-8,15,17,26H,9-14,16H2,1H3;(H,6,7). The van der Waals surface area contributed by atoms with Gasteiger partial charge in [0.15, 0.2) is 0 Å². The number of hydrogen-bond acceptors (Lipinski definition) is 4. The second-order valence-electron chi connectivity index (χ2n) is 8.38. The van der Waals surface area contributed by atoms with Crippen molar-refractivity contribution in [3.8, 4) is 0 Å². The fraction of sp³-hybridized carbons (Fsp3) is 0.400. The maximum absolute atomic E-state index is 13.5. The molecule has 1 saturated heterocycles. The Balaban J connectivity index is 0.000000604. The molecule has 2 amide bonds. The highest BCUT2D eigenvalue weighted by Gasteiger charge is 2.38. The topological polar surface area (TPSA) is 90.0 Å². The summed E-state index contributed by atoms with van der Waals surface area (Å²) in [7, 11) is 0. The number of amides is 2. The SMILES string of the molecule is CC(CN(CCC(=O)N1CCNCC1)C(=O)c1ccc(F)c(Cl)c1)c1ccccc1.O=C(O)C(F)(F)F. The van der Waals surface area contributed by atoms with E-state index in [2.05, 4.69) is 5.32 Å². The molecule has 7 nitrogen and oxygen atoms in total. The van der Waals surface area contributed by atoms with Crippen molar-refractivity contribution in [3.05, 3.63) is 70.5 Å². The lowest BCUT2D eigenvalue weighted by Crippen LogP contribution is -2.47. The van der Waals surface area contributed by atoms with Crippen molar-refractivity contribution in [2.75, 3.05) is 39.3 Å². The van der Waals surface area contributed by atoms with Gasteiger partial charge in [0.25, 0.3) is 5.91 Å². The molecule has 2 aromatic carbocycles. The largest absolute Gasteiger partial charge is 0.490 e. The van der Waals surface area contributed by atoms with Crippen LogP contribution >= 0.6 is 11.6 Å². The van der Waals surface area contributed by atoms with Gasteiger partial charge in [0.1, 0.15) is 5.82 Å². The van der Waals surface area contributed by atoms with Gasteiger partial charge in [-0.3, -0.25) is 9.59 Å². The molecule has 37 heavy (non-hydrogen) atoms. The van der Waals surface area contributed by atoms with Crippen LogP contribution in [0.1, 0.15) is 35.2 Å². The molecule has 3 rings (SSSR count). The summed E-state index contributed by atoms with van der Waals surface area (Å²) in [6, 6.07) is 13.9. The summed E-state index contributed by atoms with van der Waals surface area (Å²) < 4.78 is 45.3. The first kappa shape index (κ1) is 30.0. The van der Waals surface area contributed by atoms with E-state index >= 15 is 0 Å². The normalized spacial score (nSPS) is 14.3. The number of carboxylic acid groups (broad SMARTS) is 1. The van der Waals surface area contributed by atoms with Gasteiger partial charge in [0.2, 0.25) is 5.91 Å². The van der Waals surface area contributed by atoms with Crippen LogP contribution in [0.3, 0.4) is 0 Å². The Bertz CT molecular complexity index is 1060. The molecule has 0 aromatic heterocycles. The molecule has 1 heterocycles. The highest BCUT2D eigenvalue weighted by atomic mass is 35.5. The molecule has 1 atom stereocenters. The van der Waals surface area contributed by atoms with E-state index in [0.29, 0.717) is 31.7 Å². The third-order valence-electron chi connectivity index (χ3n) is 5.62. The second-order valence-corrected chi connectivity index (χ2v) is 8.78. The molecular weight excluding hydrogens is 518 g/mol. The van der Waals surface area contributed by atoms with E-state index in [9.17, 15) is 27.2 Å². The van der Waals surface area contributed by atoms with Gasteiger partial charge in [-0.25, -0.2) is 9.18 Å². The van der Waals surface area contributed by atoms with E-state index in [1.807, 2.05) is 42.2 Å². The van der Waals surface area contributed by atoms with Crippen molar-refractivity contribution in [1.29, 1.82) is 0 Å². The van der Waals surface area contributed by atoms with Gasteiger partial charge in [0.05, 0.1) is 5.02 Å². The molecular formula is C25H28ClF4N3O4. The number of hydrogen-bond donors (Lipinski definition) is 2. The van der Waals surface area contributed by atoms with Crippen LogP contribution in [0, 0.1) is 5.82 Å². The third kappa shape index (κ3) is 9.66. The fourth-order valence-electron chi connectivity index (χ4n) is 3.61. The van der Waals surface area contributed by atoms with E-state index in [0.717, 1.165) is 18.7 Å². The fourth-order valence-corrected chi connectivity index (χ4v) is 3.79. The number of nitrogens with one attached hydrogen (secondary N) is 1. The van der Waals surface area contributed by atoms with Gasteiger partial charge in [-0.1, -0.05) is 48.9 Å². The number of carbonyl (C=O) groups excluding carboxylic acids is 2. The minimum Gasteiger partial charge on any atom is -0.475 e. The number of halogens is 5. The summed E-state index contributed by atoms with van der Waals surface area (Å²) in [6.07, 6.45) is -4.83. The molecule has 0 aliphatic carbocycles. The predicted molar refractivity (Wildman–Crippen MR) is 130 cm³/mol. The minimum atomic E-state index is -5.08. The van der Waals surface area contributed by atoms with Crippen molar-refractivity contribution in [1.82, 2.24) is 15.1 Å². The van der Waals surface area contributed by atoms with E-state index in [1.54, 1.807) is 4.90 Å². The zero-order valence-electron chi connectivity index (χ0n) is 20.1. The lowest BCUT2D eigenvalue weighted by molar-refractivity contribution is -0.192. The first-order valence-electron chi connectivity index (χ1n) is 11.5. The van der Waals surface area contributed by atoms with Crippen LogP contribution in [0.2, 0.25) is 5.02 Å². The number of benzene rings is 2. The van der Waals surface area contributed by atoms with Gasteiger partial charge in [-0.2, -0.15) is 13.2 Å². The number of rotatable bonds is 7. The van der Waals surface area contributed by atoms with Gasteiger partial charge in [-0.15, -0.1) is 0 Å².